The number of amides is 1. The minimum absolute atomic E-state index is 0.168. The van der Waals surface area contributed by atoms with E-state index in [1.54, 1.807) is 20.8 Å². The van der Waals surface area contributed by atoms with Gasteiger partial charge < -0.3 is 0 Å². The van der Waals surface area contributed by atoms with Crippen molar-refractivity contribution in [1.29, 1.82) is 0 Å². The van der Waals surface area contributed by atoms with Crippen LogP contribution in [0.1, 0.15) is 20.8 Å². The van der Waals surface area contributed by atoms with Crippen LogP contribution in [-0.2, 0) is 4.79 Å². The summed E-state index contributed by atoms with van der Waals surface area (Å²) in [5.74, 6) is -0.325. The molecule has 1 aromatic heterocycles. The van der Waals surface area contributed by atoms with E-state index in [4.69, 9.17) is 0 Å². The molecule has 0 aliphatic heterocycles. The maximum absolute atomic E-state index is 11.6. The second-order valence-corrected chi connectivity index (χ2v) is 5.15. The van der Waals surface area contributed by atoms with Crippen molar-refractivity contribution in [3.63, 3.8) is 0 Å². The third kappa shape index (κ3) is 2.82. The largest absolute Gasteiger partial charge is 0.347 e. The number of nitrogens with one attached hydrogen (secondary N) is 2. The van der Waals surface area contributed by atoms with Gasteiger partial charge in [-0.2, -0.15) is 0 Å². The van der Waals surface area contributed by atoms with E-state index in [2.05, 4.69) is 26.3 Å². The van der Waals surface area contributed by atoms with E-state index in [1.165, 1.54) is 6.20 Å². The van der Waals surface area contributed by atoms with Gasteiger partial charge in [-0.25, -0.2) is 9.47 Å². The molecule has 0 fully saturated rings. The van der Waals surface area contributed by atoms with Gasteiger partial charge in [-0.3, -0.25) is 20.0 Å². The van der Waals surface area contributed by atoms with E-state index >= 15 is 0 Å². The van der Waals surface area contributed by atoms with Crippen molar-refractivity contribution in [1.82, 2.24) is 9.66 Å². The van der Waals surface area contributed by atoms with Crippen LogP contribution in [0, 0.1) is 5.41 Å². The summed E-state index contributed by atoms with van der Waals surface area (Å²) in [5, 5.41) is 0. The summed E-state index contributed by atoms with van der Waals surface area (Å²) in [4.78, 5) is 36.0. The van der Waals surface area contributed by atoms with Crippen LogP contribution in [-0.4, -0.2) is 15.6 Å². The van der Waals surface area contributed by atoms with Gasteiger partial charge in [0.2, 0.25) is 5.91 Å². The first kappa shape index (κ1) is 12.7. The Hall–Kier alpha value is -1.37. The molecule has 0 saturated carbocycles. The van der Waals surface area contributed by atoms with Crippen molar-refractivity contribution >= 4 is 21.8 Å². The summed E-state index contributed by atoms with van der Waals surface area (Å²) >= 11 is 2.97. The highest BCUT2D eigenvalue weighted by molar-refractivity contribution is 9.10. The molecule has 0 bridgehead atoms. The van der Waals surface area contributed by atoms with Crippen LogP contribution in [0.15, 0.2) is 20.3 Å². The van der Waals surface area contributed by atoms with Gasteiger partial charge >= 0.3 is 5.69 Å². The summed E-state index contributed by atoms with van der Waals surface area (Å²) in [6.45, 7) is 5.15. The number of aromatic amines is 1. The second kappa shape index (κ2) is 4.25. The predicted octanol–water partition coefficient (Wildman–Crippen LogP) is 0.415. The fraction of sp³-hybridized carbons (Fsp3) is 0.444. The third-order valence-electron chi connectivity index (χ3n) is 1.80. The second-order valence-electron chi connectivity index (χ2n) is 4.30. The third-order valence-corrected chi connectivity index (χ3v) is 2.37. The Morgan fingerprint density at radius 2 is 2.00 bits per heavy atom. The Kier molecular flexibility index (Phi) is 3.37. The fourth-order valence-corrected chi connectivity index (χ4v) is 1.11. The molecule has 0 aliphatic carbocycles. The first-order valence-electron chi connectivity index (χ1n) is 4.55. The molecule has 0 unspecified atom stereocenters. The van der Waals surface area contributed by atoms with Gasteiger partial charge in [0.15, 0.2) is 0 Å². The zero-order valence-electron chi connectivity index (χ0n) is 9.13. The predicted molar refractivity (Wildman–Crippen MR) is 62.8 cm³/mol. The molecule has 7 heteroatoms. The number of H-pyrrole nitrogens is 1. The maximum atomic E-state index is 11.6. The van der Waals surface area contributed by atoms with Crippen molar-refractivity contribution < 1.29 is 4.79 Å². The summed E-state index contributed by atoms with van der Waals surface area (Å²) < 4.78 is 1.10. The first-order chi connectivity index (χ1) is 7.21. The van der Waals surface area contributed by atoms with Crippen LogP contribution >= 0.6 is 15.9 Å². The molecular weight excluding hydrogens is 278 g/mol. The van der Waals surface area contributed by atoms with Crippen LogP contribution in [0.2, 0.25) is 0 Å². The van der Waals surface area contributed by atoms with Crippen LogP contribution < -0.4 is 16.7 Å². The van der Waals surface area contributed by atoms with E-state index in [-0.39, 0.29) is 10.4 Å². The van der Waals surface area contributed by atoms with Gasteiger partial charge in [0, 0.05) is 5.41 Å². The lowest BCUT2D eigenvalue weighted by Crippen LogP contribution is -2.41. The van der Waals surface area contributed by atoms with Crippen LogP contribution in [0.3, 0.4) is 0 Å². The highest BCUT2D eigenvalue weighted by Gasteiger charge is 2.21. The molecule has 6 nitrogen and oxygen atoms in total. The molecule has 0 spiro atoms. The Balaban J connectivity index is 3.09. The van der Waals surface area contributed by atoms with Gasteiger partial charge in [0.25, 0.3) is 5.56 Å². The van der Waals surface area contributed by atoms with Gasteiger partial charge in [0.1, 0.15) is 4.47 Å². The number of aromatic nitrogens is 2. The molecule has 1 amide bonds. The Morgan fingerprint density at radius 3 is 2.50 bits per heavy atom. The van der Waals surface area contributed by atoms with Gasteiger partial charge in [-0.1, -0.05) is 20.8 Å². The molecule has 1 aromatic rings. The zero-order chi connectivity index (χ0) is 12.5. The number of hydrogen-bond acceptors (Lipinski definition) is 3. The highest BCUT2D eigenvalue weighted by Crippen LogP contribution is 2.12. The molecule has 0 saturated heterocycles. The molecule has 0 aliphatic rings. The fourth-order valence-electron chi connectivity index (χ4n) is 0.808. The first-order valence-corrected chi connectivity index (χ1v) is 5.34. The number of nitrogens with zero attached hydrogens (tertiary/aromatic N) is 1. The van der Waals surface area contributed by atoms with Crippen molar-refractivity contribution in [3.05, 3.63) is 31.5 Å². The van der Waals surface area contributed by atoms with Crippen LogP contribution in [0.5, 0.6) is 0 Å². The van der Waals surface area contributed by atoms with Gasteiger partial charge in [-0.15, -0.1) is 0 Å². The lowest BCUT2D eigenvalue weighted by molar-refractivity contribution is -0.124. The summed E-state index contributed by atoms with van der Waals surface area (Å²) in [7, 11) is 0. The molecule has 1 rings (SSSR count). The van der Waals surface area contributed by atoms with Crippen molar-refractivity contribution in [2.24, 2.45) is 5.41 Å². The van der Waals surface area contributed by atoms with E-state index in [0.717, 1.165) is 4.68 Å². The van der Waals surface area contributed by atoms with E-state index in [1.807, 2.05) is 0 Å². The number of hydrogen-bond donors (Lipinski definition) is 2. The van der Waals surface area contributed by atoms with Crippen LogP contribution in [0.25, 0.3) is 0 Å². The quantitative estimate of drug-likeness (QED) is 0.786. The summed E-state index contributed by atoms with van der Waals surface area (Å²) in [6, 6.07) is 0. The van der Waals surface area contributed by atoms with Crippen LogP contribution in [0.4, 0.5) is 0 Å². The number of carbonyl (C=O) groups is 1. The monoisotopic (exact) mass is 289 g/mol. The highest BCUT2D eigenvalue weighted by atomic mass is 79.9. The smallest absolute Gasteiger partial charge is 0.273 e. The number of carbonyl (C=O) groups excluding carboxylic acids is 1. The van der Waals surface area contributed by atoms with Crippen molar-refractivity contribution in [2.45, 2.75) is 20.8 Å². The van der Waals surface area contributed by atoms with E-state index < -0.39 is 16.7 Å². The molecule has 16 heavy (non-hydrogen) atoms. The molecule has 1 heterocycles. The lowest BCUT2D eigenvalue weighted by Gasteiger charge is -2.18. The Morgan fingerprint density at radius 1 is 1.44 bits per heavy atom. The molecule has 0 atom stereocenters. The number of halogens is 1. The Labute approximate surface area is 99.8 Å². The molecule has 2 N–H and O–H groups in total. The van der Waals surface area contributed by atoms with Crippen molar-refractivity contribution in [3.8, 4) is 0 Å². The summed E-state index contributed by atoms with van der Waals surface area (Å²) in [5.41, 5.74) is 0.535. The van der Waals surface area contributed by atoms with Crippen molar-refractivity contribution in [2.75, 3.05) is 5.43 Å². The summed E-state index contributed by atoms with van der Waals surface area (Å²) in [6.07, 6.45) is 1.21. The average molecular weight is 290 g/mol. The standard InChI is InChI=1S/C9H12BrN3O3/c1-9(2,3)7(15)12-13-4-5(10)6(14)11-8(13)16/h4H,1-3H3,(H,12,15)(H,11,14,16). The van der Waals surface area contributed by atoms with E-state index in [9.17, 15) is 14.4 Å². The maximum Gasteiger partial charge on any atom is 0.347 e. The molecular formula is C9H12BrN3O3. The zero-order valence-corrected chi connectivity index (χ0v) is 10.7. The average Bonchev–Trinajstić information content (AvgIpc) is 2.12. The minimum Gasteiger partial charge on any atom is -0.273 e. The normalized spacial score (nSPS) is 11.2. The minimum atomic E-state index is -0.689. The van der Waals surface area contributed by atoms with Gasteiger partial charge in [0.05, 0.1) is 6.20 Å². The molecule has 88 valence electrons. The topological polar surface area (TPSA) is 84.0 Å². The van der Waals surface area contributed by atoms with E-state index in [0.29, 0.717) is 0 Å². The van der Waals surface area contributed by atoms with Gasteiger partial charge in [-0.05, 0) is 15.9 Å². The lowest BCUT2D eigenvalue weighted by atomic mass is 9.96. The SMILES string of the molecule is CC(C)(C)C(=O)Nn1cc(Br)c(=O)[nH]c1=O. The molecule has 0 radical (unpaired) electrons. The molecule has 0 aromatic carbocycles. The Bertz CT molecular complexity index is 524. The number of rotatable bonds is 1.